The van der Waals surface area contributed by atoms with Crippen LogP contribution in [0.25, 0.3) is 0 Å². The maximum absolute atomic E-state index is 14.2. The summed E-state index contributed by atoms with van der Waals surface area (Å²) in [4.78, 5) is 42.1. The Morgan fingerprint density at radius 1 is 0.923 bits per heavy atom. The van der Waals surface area contributed by atoms with E-state index in [2.05, 4.69) is 24.5 Å². The highest BCUT2D eigenvalue weighted by molar-refractivity contribution is 5.92. The van der Waals surface area contributed by atoms with Gasteiger partial charge in [0.25, 0.3) is 0 Å². The summed E-state index contributed by atoms with van der Waals surface area (Å²) in [6, 6.07) is 4.68. The van der Waals surface area contributed by atoms with Gasteiger partial charge in [-0.25, -0.2) is 4.79 Å². The molecule has 3 N–H and O–H groups in total. The first-order valence-electron chi connectivity index (χ1n) is 14.8. The third-order valence-corrected chi connectivity index (χ3v) is 6.33. The van der Waals surface area contributed by atoms with E-state index >= 15 is 0 Å². The number of nitrogens with zero attached hydrogens (tertiary/aromatic N) is 1. The lowest BCUT2D eigenvalue weighted by atomic mass is 9.98. The number of alkyl carbamates (subject to hydrolysis) is 1. The first-order chi connectivity index (χ1) is 18.4. The Morgan fingerprint density at radius 2 is 1.51 bits per heavy atom. The Kier molecular flexibility index (Phi) is 15.6. The second kappa shape index (κ2) is 17.7. The number of phenols is 1. The molecule has 0 aliphatic heterocycles. The molecule has 2 atom stereocenters. The SMILES string of the molecule is CCCCCCCCN(C(=O)C(CC(C)C)NC(=O)OC(C)(C)C)C(C(=O)NCCCC)c1ccc(O)cc1. The molecule has 0 saturated carbocycles. The molecule has 1 rings (SSSR count). The molecule has 3 amide bonds. The van der Waals surface area contributed by atoms with Gasteiger partial charge in [0.15, 0.2) is 0 Å². The maximum Gasteiger partial charge on any atom is 0.408 e. The van der Waals surface area contributed by atoms with Crippen molar-refractivity contribution in [2.45, 2.75) is 124 Å². The van der Waals surface area contributed by atoms with E-state index in [-0.39, 0.29) is 23.5 Å². The van der Waals surface area contributed by atoms with E-state index in [0.29, 0.717) is 25.1 Å². The van der Waals surface area contributed by atoms with Crippen LogP contribution in [-0.2, 0) is 14.3 Å². The Morgan fingerprint density at radius 3 is 2.08 bits per heavy atom. The van der Waals surface area contributed by atoms with Gasteiger partial charge in [-0.2, -0.15) is 0 Å². The van der Waals surface area contributed by atoms with E-state index in [4.69, 9.17) is 4.74 Å². The lowest BCUT2D eigenvalue weighted by molar-refractivity contribution is -0.143. The number of unbranched alkanes of at least 4 members (excludes halogenated alkanes) is 6. The smallest absolute Gasteiger partial charge is 0.408 e. The van der Waals surface area contributed by atoms with Crippen molar-refractivity contribution in [2.24, 2.45) is 5.92 Å². The molecular formula is C31H53N3O5. The number of hydrogen-bond acceptors (Lipinski definition) is 5. The molecule has 0 aliphatic carbocycles. The van der Waals surface area contributed by atoms with Gasteiger partial charge in [0.1, 0.15) is 23.4 Å². The van der Waals surface area contributed by atoms with E-state index in [1.54, 1.807) is 37.8 Å². The third-order valence-electron chi connectivity index (χ3n) is 6.33. The minimum absolute atomic E-state index is 0.0852. The molecule has 0 heterocycles. The number of nitrogens with one attached hydrogen (secondary N) is 2. The van der Waals surface area contributed by atoms with Gasteiger partial charge in [0.2, 0.25) is 11.8 Å². The molecule has 39 heavy (non-hydrogen) atoms. The van der Waals surface area contributed by atoms with Crippen LogP contribution in [0.4, 0.5) is 4.79 Å². The highest BCUT2D eigenvalue weighted by Gasteiger charge is 2.36. The highest BCUT2D eigenvalue weighted by Crippen LogP contribution is 2.26. The molecule has 0 bridgehead atoms. The summed E-state index contributed by atoms with van der Waals surface area (Å²) in [5.74, 6) is -0.377. The zero-order chi connectivity index (χ0) is 29.4. The molecule has 0 spiro atoms. The van der Waals surface area contributed by atoms with Crippen LogP contribution in [0, 0.1) is 5.92 Å². The number of amides is 3. The lowest BCUT2D eigenvalue weighted by Crippen LogP contribution is -2.53. The van der Waals surface area contributed by atoms with Crippen molar-refractivity contribution in [2.75, 3.05) is 13.1 Å². The summed E-state index contributed by atoms with van der Waals surface area (Å²) < 4.78 is 5.46. The zero-order valence-corrected chi connectivity index (χ0v) is 25.3. The Bertz CT molecular complexity index is 864. The number of benzene rings is 1. The van der Waals surface area contributed by atoms with Gasteiger partial charge in [-0.3, -0.25) is 9.59 Å². The molecule has 8 heteroatoms. The molecule has 0 fully saturated rings. The van der Waals surface area contributed by atoms with E-state index in [9.17, 15) is 19.5 Å². The minimum atomic E-state index is -0.888. The van der Waals surface area contributed by atoms with Gasteiger partial charge >= 0.3 is 6.09 Å². The lowest BCUT2D eigenvalue weighted by Gasteiger charge is -2.35. The second-order valence-electron chi connectivity index (χ2n) is 11.8. The van der Waals surface area contributed by atoms with Crippen molar-refractivity contribution in [1.82, 2.24) is 15.5 Å². The molecule has 0 aromatic heterocycles. The standard InChI is InChI=1S/C31H53N3O5/c1-8-10-12-13-14-15-21-34(29(37)26(22-23(3)4)33-30(38)39-31(5,6)7)27(28(36)32-20-11-9-2)24-16-18-25(35)19-17-24/h16-19,23,26-27,35H,8-15,20-22H2,1-7H3,(H,32,36)(H,33,38). The number of rotatable bonds is 17. The average Bonchev–Trinajstić information content (AvgIpc) is 2.84. The van der Waals surface area contributed by atoms with Crippen LogP contribution in [0.2, 0.25) is 0 Å². The highest BCUT2D eigenvalue weighted by atomic mass is 16.6. The summed E-state index contributed by atoms with van der Waals surface area (Å²) in [6.45, 7) is 14.4. The summed E-state index contributed by atoms with van der Waals surface area (Å²) in [5.41, 5.74) is -0.0942. The van der Waals surface area contributed by atoms with Crippen LogP contribution >= 0.6 is 0 Å². The molecule has 0 radical (unpaired) electrons. The van der Waals surface area contributed by atoms with Gasteiger partial charge in [0, 0.05) is 13.1 Å². The van der Waals surface area contributed by atoms with E-state index in [1.165, 1.54) is 18.6 Å². The second-order valence-corrected chi connectivity index (χ2v) is 11.8. The molecule has 222 valence electrons. The zero-order valence-electron chi connectivity index (χ0n) is 25.3. The Labute approximate surface area is 236 Å². The molecule has 1 aromatic carbocycles. The van der Waals surface area contributed by atoms with Gasteiger partial charge in [-0.15, -0.1) is 0 Å². The van der Waals surface area contributed by atoms with Crippen molar-refractivity contribution in [3.05, 3.63) is 29.8 Å². The number of phenolic OH excluding ortho intramolecular Hbond substituents is 1. The van der Waals surface area contributed by atoms with Crippen LogP contribution < -0.4 is 10.6 Å². The number of carbonyl (C=O) groups excluding carboxylic acids is 3. The van der Waals surface area contributed by atoms with Crippen molar-refractivity contribution in [3.8, 4) is 5.75 Å². The quantitative estimate of drug-likeness (QED) is 0.194. The number of carbonyl (C=O) groups is 3. The summed E-state index contributed by atoms with van der Waals surface area (Å²) >= 11 is 0. The summed E-state index contributed by atoms with van der Waals surface area (Å²) in [7, 11) is 0. The number of hydrogen-bond donors (Lipinski definition) is 3. The van der Waals surface area contributed by atoms with Crippen molar-refractivity contribution >= 4 is 17.9 Å². The molecule has 0 aliphatic rings. The topological polar surface area (TPSA) is 108 Å². The van der Waals surface area contributed by atoms with E-state index < -0.39 is 23.8 Å². The van der Waals surface area contributed by atoms with Gasteiger partial charge in [0.05, 0.1) is 0 Å². The van der Waals surface area contributed by atoms with Gasteiger partial charge < -0.3 is 25.4 Å². The number of ether oxygens (including phenoxy) is 1. The summed E-state index contributed by atoms with van der Waals surface area (Å²) in [6.07, 6.45) is 7.72. The molecule has 1 aromatic rings. The third kappa shape index (κ3) is 13.7. The minimum Gasteiger partial charge on any atom is -0.508 e. The van der Waals surface area contributed by atoms with Crippen LogP contribution in [0.3, 0.4) is 0 Å². The maximum atomic E-state index is 14.2. The number of aromatic hydroxyl groups is 1. The Hall–Kier alpha value is -2.77. The van der Waals surface area contributed by atoms with E-state index in [0.717, 1.165) is 44.9 Å². The predicted octanol–water partition coefficient (Wildman–Crippen LogP) is 6.48. The average molecular weight is 548 g/mol. The molecule has 8 nitrogen and oxygen atoms in total. The van der Waals surface area contributed by atoms with Gasteiger partial charge in [-0.05, 0) is 63.6 Å². The molecule has 0 saturated heterocycles. The van der Waals surface area contributed by atoms with Crippen LogP contribution in [0.15, 0.2) is 24.3 Å². The first-order valence-corrected chi connectivity index (χ1v) is 14.8. The Balaban J connectivity index is 3.38. The normalized spacial score (nSPS) is 13.0. The monoisotopic (exact) mass is 547 g/mol. The molecular weight excluding hydrogens is 494 g/mol. The molecule has 2 unspecified atom stereocenters. The van der Waals surface area contributed by atoms with Crippen molar-refractivity contribution < 1.29 is 24.2 Å². The fourth-order valence-electron chi connectivity index (χ4n) is 4.39. The van der Waals surface area contributed by atoms with Crippen LogP contribution in [0.1, 0.15) is 118 Å². The fraction of sp³-hybridized carbons (Fsp3) is 0.710. The summed E-state index contributed by atoms with van der Waals surface area (Å²) in [5, 5.41) is 15.7. The van der Waals surface area contributed by atoms with Crippen LogP contribution in [0.5, 0.6) is 5.75 Å². The fourth-order valence-corrected chi connectivity index (χ4v) is 4.39. The van der Waals surface area contributed by atoms with Crippen molar-refractivity contribution in [3.63, 3.8) is 0 Å². The van der Waals surface area contributed by atoms with Gasteiger partial charge in [-0.1, -0.05) is 78.4 Å². The largest absolute Gasteiger partial charge is 0.508 e. The predicted molar refractivity (Wildman–Crippen MR) is 156 cm³/mol. The van der Waals surface area contributed by atoms with E-state index in [1.807, 2.05) is 13.8 Å². The van der Waals surface area contributed by atoms with Crippen LogP contribution in [-0.4, -0.2) is 52.6 Å². The van der Waals surface area contributed by atoms with Crippen molar-refractivity contribution in [1.29, 1.82) is 0 Å². The first kappa shape index (κ1) is 34.3.